The number of hydrogen-bond acceptors (Lipinski definition) is 5. The molecule has 0 saturated heterocycles. The van der Waals surface area contributed by atoms with E-state index in [1.807, 2.05) is 30.3 Å². The second kappa shape index (κ2) is 7.44. The summed E-state index contributed by atoms with van der Waals surface area (Å²) in [5.74, 6) is 1.05. The van der Waals surface area contributed by atoms with Gasteiger partial charge in [-0.3, -0.25) is 9.78 Å². The van der Waals surface area contributed by atoms with Crippen molar-refractivity contribution in [3.63, 3.8) is 0 Å². The van der Waals surface area contributed by atoms with Crippen molar-refractivity contribution in [3.05, 3.63) is 66.0 Å². The number of aromatic nitrogens is 1. The van der Waals surface area contributed by atoms with Crippen molar-refractivity contribution in [2.45, 2.75) is 0 Å². The molecule has 0 aliphatic heterocycles. The minimum atomic E-state index is -0.332. The van der Waals surface area contributed by atoms with E-state index in [2.05, 4.69) is 15.5 Å². The first-order valence-corrected chi connectivity index (χ1v) is 7.61. The fraction of sp³-hybridized carbons (Fsp3) is 0.105. The highest BCUT2D eigenvalue weighted by Gasteiger charge is 2.08. The summed E-state index contributed by atoms with van der Waals surface area (Å²) in [4.78, 5) is 16.0. The Labute approximate surface area is 145 Å². The highest BCUT2D eigenvalue weighted by Crippen LogP contribution is 2.29. The Morgan fingerprint density at radius 1 is 1.16 bits per heavy atom. The summed E-state index contributed by atoms with van der Waals surface area (Å²) >= 11 is 0. The lowest BCUT2D eigenvalue weighted by atomic mass is 10.0. The van der Waals surface area contributed by atoms with Gasteiger partial charge >= 0.3 is 0 Å². The zero-order chi connectivity index (χ0) is 17.6. The molecule has 3 aromatic rings. The van der Waals surface area contributed by atoms with Crippen LogP contribution < -0.4 is 14.9 Å². The van der Waals surface area contributed by atoms with E-state index in [0.717, 1.165) is 22.1 Å². The summed E-state index contributed by atoms with van der Waals surface area (Å²) in [7, 11) is 3.20. The number of nitrogens with zero attached hydrogens (tertiary/aromatic N) is 2. The van der Waals surface area contributed by atoms with Crippen LogP contribution in [-0.4, -0.2) is 31.3 Å². The Morgan fingerprint density at radius 2 is 2.00 bits per heavy atom. The molecule has 25 heavy (non-hydrogen) atoms. The van der Waals surface area contributed by atoms with Gasteiger partial charge in [0.25, 0.3) is 5.91 Å². The van der Waals surface area contributed by atoms with Gasteiger partial charge < -0.3 is 9.47 Å². The van der Waals surface area contributed by atoms with Gasteiger partial charge in [-0.25, -0.2) is 5.43 Å². The van der Waals surface area contributed by atoms with Crippen LogP contribution >= 0.6 is 0 Å². The first-order valence-electron chi connectivity index (χ1n) is 7.61. The van der Waals surface area contributed by atoms with Gasteiger partial charge in [0.15, 0.2) is 0 Å². The maximum absolute atomic E-state index is 12.0. The maximum Gasteiger partial charge on any atom is 0.272 e. The summed E-state index contributed by atoms with van der Waals surface area (Å²) < 4.78 is 10.7. The van der Waals surface area contributed by atoms with E-state index in [1.54, 1.807) is 38.8 Å². The van der Waals surface area contributed by atoms with Gasteiger partial charge in [-0.15, -0.1) is 0 Å². The number of fused-ring (bicyclic) bond motifs is 1. The third-order valence-corrected chi connectivity index (χ3v) is 3.73. The maximum atomic E-state index is 12.0. The number of amides is 1. The molecule has 3 rings (SSSR count). The molecule has 6 nitrogen and oxygen atoms in total. The molecule has 0 bridgehead atoms. The topological polar surface area (TPSA) is 72.8 Å². The SMILES string of the molecule is COc1ccc2ccc(OC)c(/C=N/NC(=O)c3cccnc3)c2c1. The van der Waals surface area contributed by atoms with Gasteiger partial charge in [0, 0.05) is 18.0 Å². The number of methoxy groups -OCH3 is 2. The van der Waals surface area contributed by atoms with Crippen LogP contribution in [0.5, 0.6) is 11.5 Å². The Hall–Kier alpha value is -3.41. The molecule has 1 N–H and O–H groups in total. The number of nitrogens with one attached hydrogen (secondary N) is 1. The van der Waals surface area contributed by atoms with Crippen molar-refractivity contribution in [1.82, 2.24) is 10.4 Å². The van der Waals surface area contributed by atoms with Crippen LogP contribution in [0, 0.1) is 0 Å². The predicted molar refractivity (Wildman–Crippen MR) is 96.3 cm³/mol. The fourth-order valence-electron chi connectivity index (χ4n) is 2.46. The molecule has 0 saturated carbocycles. The number of benzene rings is 2. The molecular weight excluding hydrogens is 318 g/mol. The molecule has 126 valence electrons. The van der Waals surface area contributed by atoms with Crippen LogP contribution in [0.4, 0.5) is 0 Å². The predicted octanol–water partition coefficient (Wildman–Crippen LogP) is 3.02. The van der Waals surface area contributed by atoms with Crippen molar-refractivity contribution in [2.24, 2.45) is 5.10 Å². The van der Waals surface area contributed by atoms with Crippen molar-refractivity contribution in [2.75, 3.05) is 14.2 Å². The molecule has 0 fully saturated rings. The Morgan fingerprint density at radius 3 is 2.72 bits per heavy atom. The molecule has 6 heteroatoms. The molecule has 0 aliphatic carbocycles. The number of carbonyl (C=O) groups excluding carboxylic acids is 1. The molecule has 0 spiro atoms. The van der Waals surface area contributed by atoms with E-state index < -0.39 is 0 Å². The van der Waals surface area contributed by atoms with Crippen LogP contribution in [0.3, 0.4) is 0 Å². The highest BCUT2D eigenvalue weighted by atomic mass is 16.5. The summed E-state index contributed by atoms with van der Waals surface area (Å²) in [6, 6.07) is 12.9. The molecular formula is C19H17N3O3. The normalized spacial score (nSPS) is 10.8. The molecule has 0 aliphatic rings. The second-order valence-electron chi connectivity index (χ2n) is 5.21. The summed E-state index contributed by atoms with van der Waals surface area (Å²) in [6.07, 6.45) is 4.65. The van der Waals surface area contributed by atoms with E-state index in [9.17, 15) is 4.79 Å². The van der Waals surface area contributed by atoms with Gasteiger partial charge in [0.2, 0.25) is 0 Å². The molecule has 1 aromatic heterocycles. The van der Waals surface area contributed by atoms with Crippen molar-refractivity contribution in [3.8, 4) is 11.5 Å². The Kier molecular flexibility index (Phi) is 4.89. The molecule has 0 radical (unpaired) electrons. The Balaban J connectivity index is 1.92. The van der Waals surface area contributed by atoms with Crippen molar-refractivity contribution >= 4 is 22.9 Å². The van der Waals surface area contributed by atoms with Crippen LogP contribution in [0.1, 0.15) is 15.9 Å². The highest BCUT2D eigenvalue weighted by molar-refractivity contribution is 6.03. The minimum Gasteiger partial charge on any atom is -0.497 e. The summed E-state index contributed by atoms with van der Waals surface area (Å²) in [5.41, 5.74) is 3.69. The summed E-state index contributed by atoms with van der Waals surface area (Å²) in [6.45, 7) is 0. The van der Waals surface area contributed by atoms with Crippen LogP contribution in [0.25, 0.3) is 10.8 Å². The molecule has 0 atom stereocenters. The van der Waals surface area contributed by atoms with E-state index in [0.29, 0.717) is 11.3 Å². The second-order valence-corrected chi connectivity index (χ2v) is 5.21. The first kappa shape index (κ1) is 16.4. The number of rotatable bonds is 5. The van der Waals surface area contributed by atoms with Gasteiger partial charge in [0.1, 0.15) is 11.5 Å². The number of pyridine rings is 1. The minimum absolute atomic E-state index is 0.332. The lowest BCUT2D eigenvalue weighted by Crippen LogP contribution is -2.17. The lowest BCUT2D eigenvalue weighted by Gasteiger charge is -2.10. The van der Waals surface area contributed by atoms with E-state index in [4.69, 9.17) is 9.47 Å². The number of ether oxygens (including phenoxy) is 2. The van der Waals surface area contributed by atoms with Crippen LogP contribution in [-0.2, 0) is 0 Å². The van der Waals surface area contributed by atoms with Gasteiger partial charge in [0.05, 0.1) is 26.0 Å². The smallest absolute Gasteiger partial charge is 0.272 e. The molecule has 1 heterocycles. The average molecular weight is 335 g/mol. The largest absolute Gasteiger partial charge is 0.497 e. The third kappa shape index (κ3) is 3.58. The lowest BCUT2D eigenvalue weighted by molar-refractivity contribution is 0.0954. The van der Waals surface area contributed by atoms with Crippen molar-refractivity contribution in [1.29, 1.82) is 0 Å². The van der Waals surface area contributed by atoms with E-state index >= 15 is 0 Å². The third-order valence-electron chi connectivity index (χ3n) is 3.73. The molecule has 2 aromatic carbocycles. The Bertz CT molecular complexity index is 919. The average Bonchev–Trinajstić information content (AvgIpc) is 2.68. The molecule has 1 amide bonds. The quantitative estimate of drug-likeness (QED) is 0.575. The van der Waals surface area contributed by atoms with Crippen molar-refractivity contribution < 1.29 is 14.3 Å². The van der Waals surface area contributed by atoms with Gasteiger partial charge in [-0.2, -0.15) is 5.10 Å². The monoisotopic (exact) mass is 335 g/mol. The van der Waals surface area contributed by atoms with Gasteiger partial charge in [-0.1, -0.05) is 12.1 Å². The number of carbonyl (C=O) groups is 1. The van der Waals surface area contributed by atoms with Crippen LogP contribution in [0.15, 0.2) is 60.0 Å². The zero-order valence-electron chi connectivity index (χ0n) is 13.9. The van der Waals surface area contributed by atoms with Crippen LogP contribution in [0.2, 0.25) is 0 Å². The number of hydrazone groups is 1. The zero-order valence-corrected chi connectivity index (χ0v) is 13.9. The first-order chi connectivity index (χ1) is 12.2. The van der Waals surface area contributed by atoms with Gasteiger partial charge in [-0.05, 0) is 41.1 Å². The molecule has 0 unspecified atom stereocenters. The fourth-order valence-corrected chi connectivity index (χ4v) is 2.46. The summed E-state index contributed by atoms with van der Waals surface area (Å²) in [5, 5.41) is 5.99. The standard InChI is InChI=1S/C19H17N3O3/c1-24-15-7-5-13-6-8-18(25-2)17(16(13)10-15)12-21-22-19(23)14-4-3-9-20-11-14/h3-12H,1-2H3,(H,22,23)/b21-12+. The van der Waals surface area contributed by atoms with E-state index in [-0.39, 0.29) is 5.91 Å². The number of hydrogen-bond donors (Lipinski definition) is 1. The van der Waals surface area contributed by atoms with E-state index in [1.165, 1.54) is 6.20 Å².